The van der Waals surface area contributed by atoms with Crippen molar-refractivity contribution >= 4 is 64.9 Å². The van der Waals surface area contributed by atoms with Crippen molar-refractivity contribution in [1.82, 2.24) is 9.97 Å². The summed E-state index contributed by atoms with van der Waals surface area (Å²) in [4.78, 5) is 10.2. The van der Waals surface area contributed by atoms with Gasteiger partial charge in [0.1, 0.15) is 0 Å². The first-order valence-electron chi connectivity index (χ1n) is 12.9. The van der Waals surface area contributed by atoms with E-state index in [1.165, 1.54) is 43.1 Å². The molecule has 0 fully saturated rings. The van der Waals surface area contributed by atoms with Crippen LogP contribution < -0.4 is 0 Å². The predicted molar refractivity (Wildman–Crippen MR) is 161 cm³/mol. The molecule has 0 aliphatic heterocycles. The van der Waals surface area contributed by atoms with Gasteiger partial charge < -0.3 is 0 Å². The van der Waals surface area contributed by atoms with Gasteiger partial charge in [-0.1, -0.05) is 109 Å². The van der Waals surface area contributed by atoms with E-state index in [0.29, 0.717) is 0 Å². The zero-order valence-corrected chi connectivity index (χ0v) is 20.6. The number of fused-ring (bicyclic) bond motifs is 11. The van der Waals surface area contributed by atoms with Crippen LogP contribution in [0.25, 0.3) is 76.3 Å². The molecule has 0 aliphatic rings. The third kappa shape index (κ3) is 3.35. The summed E-state index contributed by atoms with van der Waals surface area (Å²) in [5.74, 6) is 0.732. The van der Waals surface area contributed by atoms with Gasteiger partial charge in [0.15, 0.2) is 5.82 Å². The van der Waals surface area contributed by atoms with E-state index in [1.54, 1.807) is 0 Å². The van der Waals surface area contributed by atoms with Gasteiger partial charge >= 0.3 is 0 Å². The quantitative estimate of drug-likeness (QED) is 0.218. The summed E-state index contributed by atoms with van der Waals surface area (Å²) in [7, 11) is 0. The molecule has 0 aliphatic carbocycles. The van der Waals surface area contributed by atoms with Gasteiger partial charge in [-0.15, -0.1) is 0 Å². The lowest BCUT2D eigenvalue weighted by Crippen LogP contribution is -1.91. The van der Waals surface area contributed by atoms with Gasteiger partial charge in [0, 0.05) is 16.3 Å². The van der Waals surface area contributed by atoms with Crippen LogP contribution in [0.3, 0.4) is 0 Å². The first-order valence-corrected chi connectivity index (χ1v) is 12.9. The van der Waals surface area contributed by atoms with Gasteiger partial charge in [0.25, 0.3) is 0 Å². The number of aromatic nitrogens is 2. The highest BCUT2D eigenvalue weighted by molar-refractivity contribution is 6.20. The van der Waals surface area contributed by atoms with Crippen molar-refractivity contribution < 1.29 is 0 Å². The molecule has 0 unspecified atom stereocenters. The molecule has 38 heavy (non-hydrogen) atoms. The fraction of sp³-hybridized carbons (Fsp3) is 0. The maximum atomic E-state index is 5.15. The van der Waals surface area contributed by atoms with Crippen LogP contribution in [0.15, 0.2) is 133 Å². The van der Waals surface area contributed by atoms with Crippen LogP contribution in [0.2, 0.25) is 0 Å². The molecule has 1 aromatic heterocycles. The van der Waals surface area contributed by atoms with Gasteiger partial charge in [-0.3, -0.25) is 0 Å². The lowest BCUT2D eigenvalue weighted by molar-refractivity contribution is 1.26. The molecule has 0 saturated carbocycles. The van der Waals surface area contributed by atoms with Crippen LogP contribution in [0.1, 0.15) is 0 Å². The number of benzene rings is 6. The fourth-order valence-electron chi connectivity index (χ4n) is 5.69. The largest absolute Gasteiger partial charge is 0.228 e. The molecule has 8 rings (SSSR count). The van der Waals surface area contributed by atoms with E-state index in [-0.39, 0.29) is 0 Å². The molecule has 0 radical (unpaired) electrons. The summed E-state index contributed by atoms with van der Waals surface area (Å²) in [6, 6.07) is 47.7. The summed E-state index contributed by atoms with van der Waals surface area (Å²) in [5.41, 5.74) is 2.85. The van der Waals surface area contributed by atoms with Crippen molar-refractivity contribution in [3.8, 4) is 11.4 Å². The monoisotopic (exact) mass is 482 g/mol. The van der Waals surface area contributed by atoms with Crippen molar-refractivity contribution in [1.29, 1.82) is 0 Å². The summed E-state index contributed by atoms with van der Waals surface area (Å²) in [6.07, 6.45) is 0. The third-order valence-corrected chi connectivity index (χ3v) is 7.58. The molecule has 0 N–H and O–H groups in total. The Morgan fingerprint density at radius 3 is 1.71 bits per heavy atom. The van der Waals surface area contributed by atoms with E-state index < -0.39 is 0 Å². The average Bonchev–Trinajstić information content (AvgIpc) is 3.00. The molecule has 0 spiro atoms. The number of nitrogens with zero attached hydrogens (tertiary/aromatic N) is 2. The minimum absolute atomic E-state index is 0.732. The van der Waals surface area contributed by atoms with E-state index in [4.69, 9.17) is 9.97 Å². The van der Waals surface area contributed by atoms with E-state index in [1.807, 2.05) is 18.2 Å². The molecular weight excluding hydrogens is 460 g/mol. The maximum Gasteiger partial charge on any atom is 0.160 e. The third-order valence-electron chi connectivity index (χ3n) is 7.58. The minimum Gasteiger partial charge on any atom is -0.228 e. The Labute approximate surface area is 219 Å². The van der Waals surface area contributed by atoms with Crippen LogP contribution >= 0.6 is 0 Å². The Morgan fingerprint density at radius 1 is 0.342 bits per heavy atom. The molecule has 2 heteroatoms. The van der Waals surface area contributed by atoms with Crippen molar-refractivity contribution in [2.24, 2.45) is 0 Å². The first kappa shape index (κ1) is 21.0. The molecule has 1 heterocycles. The zero-order valence-electron chi connectivity index (χ0n) is 20.6. The van der Waals surface area contributed by atoms with E-state index in [2.05, 4.69) is 115 Å². The van der Waals surface area contributed by atoms with Crippen molar-refractivity contribution in [2.45, 2.75) is 0 Å². The highest BCUT2D eigenvalue weighted by Gasteiger charge is 2.09. The normalized spacial score (nSPS) is 11.7. The Hall–Kier alpha value is -5.08. The van der Waals surface area contributed by atoms with Crippen LogP contribution in [-0.2, 0) is 0 Å². The lowest BCUT2D eigenvalue weighted by Gasteiger charge is -2.09. The summed E-state index contributed by atoms with van der Waals surface area (Å²) in [6.45, 7) is 0. The molecule has 0 saturated heterocycles. The summed E-state index contributed by atoms with van der Waals surface area (Å²) < 4.78 is 0. The topological polar surface area (TPSA) is 25.8 Å². The van der Waals surface area contributed by atoms with Gasteiger partial charge in [-0.2, -0.15) is 0 Å². The second-order valence-electron chi connectivity index (χ2n) is 9.89. The minimum atomic E-state index is 0.732. The zero-order chi connectivity index (χ0) is 25.1. The Bertz CT molecular complexity index is 2230. The van der Waals surface area contributed by atoms with Crippen LogP contribution in [0, 0.1) is 0 Å². The Balaban J connectivity index is 1.69. The molecule has 0 amide bonds. The molecular formula is C36H22N2. The summed E-state index contributed by atoms with van der Waals surface area (Å²) >= 11 is 0. The van der Waals surface area contributed by atoms with Crippen molar-refractivity contribution in [2.75, 3.05) is 0 Å². The highest BCUT2D eigenvalue weighted by Crippen LogP contribution is 2.34. The maximum absolute atomic E-state index is 5.15. The second-order valence-corrected chi connectivity index (χ2v) is 9.89. The van der Waals surface area contributed by atoms with E-state index in [0.717, 1.165) is 33.2 Å². The highest BCUT2D eigenvalue weighted by atomic mass is 14.9. The Morgan fingerprint density at radius 2 is 0.921 bits per heavy atom. The molecule has 2 nitrogen and oxygen atoms in total. The molecule has 176 valence electrons. The SMILES string of the molecule is c1ccc(-c2nc3cc(n2)c2cccc4ccc5ccc(cc5c42)c2cccc(c2)c2cccc3c2)cc1. The van der Waals surface area contributed by atoms with Crippen molar-refractivity contribution in [3.63, 3.8) is 0 Å². The van der Waals surface area contributed by atoms with Gasteiger partial charge in [-0.25, -0.2) is 9.97 Å². The molecule has 8 aromatic rings. The van der Waals surface area contributed by atoms with Crippen LogP contribution in [-0.4, -0.2) is 9.97 Å². The van der Waals surface area contributed by atoms with Gasteiger partial charge in [0.2, 0.25) is 0 Å². The molecule has 8 bridgehead atoms. The predicted octanol–water partition coefficient (Wildman–Crippen LogP) is 9.62. The number of hydrogen-bond acceptors (Lipinski definition) is 2. The van der Waals surface area contributed by atoms with Gasteiger partial charge in [-0.05, 0) is 67.4 Å². The average molecular weight is 483 g/mol. The van der Waals surface area contributed by atoms with E-state index in [9.17, 15) is 0 Å². The summed E-state index contributed by atoms with van der Waals surface area (Å²) in [5, 5.41) is 11.9. The molecule has 0 atom stereocenters. The van der Waals surface area contributed by atoms with Crippen LogP contribution in [0.4, 0.5) is 0 Å². The van der Waals surface area contributed by atoms with Crippen LogP contribution in [0.5, 0.6) is 0 Å². The first-order chi connectivity index (χ1) is 18.8. The fourth-order valence-corrected chi connectivity index (χ4v) is 5.69. The van der Waals surface area contributed by atoms with Gasteiger partial charge in [0.05, 0.1) is 11.0 Å². The number of hydrogen-bond donors (Lipinski definition) is 0. The van der Waals surface area contributed by atoms with Crippen molar-refractivity contribution in [3.05, 3.63) is 133 Å². The lowest BCUT2D eigenvalue weighted by atomic mass is 9.96. The molecule has 7 aromatic carbocycles. The second kappa shape index (κ2) is 8.22. The number of rotatable bonds is 1. The Kier molecular flexibility index (Phi) is 4.55. The van der Waals surface area contributed by atoms with E-state index >= 15 is 0 Å². The smallest absolute Gasteiger partial charge is 0.160 e. The standard InChI is InChI=1S/C36H22N2/c1-2-7-25(8-3-1)36-37-33-22-34(38-36)31-14-6-9-24-17-15-23-16-18-29(21-32(23)35(24)31)27-11-4-10-26(19-27)28-12-5-13-30(33)20-28/h1-22H.